The average molecular weight is 185 g/mol. The number of alkyl halides is 3. The summed E-state index contributed by atoms with van der Waals surface area (Å²) >= 11 is 0. The molecule has 3 nitrogen and oxygen atoms in total. The molecule has 0 aliphatic heterocycles. The molecule has 2 N–H and O–H groups in total. The van der Waals surface area contributed by atoms with Gasteiger partial charge in [0.2, 0.25) is 5.91 Å². The van der Waals surface area contributed by atoms with Crippen molar-refractivity contribution in [2.24, 2.45) is 0 Å². The molecule has 0 aliphatic rings. The zero-order valence-electron chi connectivity index (χ0n) is 6.70. The van der Waals surface area contributed by atoms with Crippen LogP contribution >= 0.6 is 0 Å². The smallest absolute Gasteiger partial charge is 0.379 e. The maximum atomic E-state index is 11.9. The summed E-state index contributed by atoms with van der Waals surface area (Å²) < 4.78 is 35.6. The van der Waals surface area contributed by atoms with Gasteiger partial charge in [0, 0.05) is 6.92 Å². The lowest BCUT2D eigenvalue weighted by atomic mass is 10.1. The maximum absolute atomic E-state index is 11.9. The van der Waals surface area contributed by atoms with Crippen LogP contribution in [0.1, 0.15) is 13.8 Å². The number of halogens is 3. The topological polar surface area (TPSA) is 49.3 Å². The van der Waals surface area contributed by atoms with Gasteiger partial charge in [-0.2, -0.15) is 13.2 Å². The number of aliphatic hydroxyl groups is 1. The van der Waals surface area contributed by atoms with E-state index in [1.54, 1.807) is 0 Å². The predicted octanol–water partition coefficient (Wildman–Crippen LogP) is 0.436. The van der Waals surface area contributed by atoms with Gasteiger partial charge in [-0.25, -0.2) is 0 Å². The first-order valence-electron chi connectivity index (χ1n) is 3.20. The van der Waals surface area contributed by atoms with Gasteiger partial charge in [-0.3, -0.25) is 4.79 Å². The SMILES string of the molecule is CC(=O)NCC(C)(O)C(F)(F)F. The van der Waals surface area contributed by atoms with Gasteiger partial charge in [-0.05, 0) is 6.92 Å². The molecule has 0 aromatic carbocycles. The molecule has 0 aromatic heterocycles. The van der Waals surface area contributed by atoms with Gasteiger partial charge in [0.25, 0.3) is 0 Å². The number of amides is 1. The Kier molecular flexibility index (Phi) is 3.09. The third kappa shape index (κ3) is 3.08. The van der Waals surface area contributed by atoms with E-state index < -0.39 is 24.2 Å². The van der Waals surface area contributed by atoms with Crippen molar-refractivity contribution in [3.8, 4) is 0 Å². The van der Waals surface area contributed by atoms with Gasteiger partial charge in [-0.15, -0.1) is 0 Å². The van der Waals surface area contributed by atoms with Crippen LogP contribution in [-0.2, 0) is 4.79 Å². The van der Waals surface area contributed by atoms with Crippen molar-refractivity contribution in [2.45, 2.75) is 25.6 Å². The molecule has 1 unspecified atom stereocenters. The van der Waals surface area contributed by atoms with Crippen LogP contribution in [0.25, 0.3) is 0 Å². The first-order chi connectivity index (χ1) is 5.17. The minimum absolute atomic E-state index is 0.600. The van der Waals surface area contributed by atoms with Crippen LogP contribution in [0.4, 0.5) is 13.2 Å². The molecule has 72 valence electrons. The third-order valence-electron chi connectivity index (χ3n) is 1.29. The quantitative estimate of drug-likeness (QED) is 0.655. The van der Waals surface area contributed by atoms with E-state index in [0.717, 1.165) is 6.92 Å². The number of carbonyl (C=O) groups excluding carboxylic acids is 1. The van der Waals surface area contributed by atoms with Crippen LogP contribution in [0, 0.1) is 0 Å². The summed E-state index contributed by atoms with van der Waals surface area (Å²) in [6.45, 7) is 0.848. The highest BCUT2D eigenvalue weighted by Gasteiger charge is 2.49. The lowest BCUT2D eigenvalue weighted by molar-refractivity contribution is -0.250. The fourth-order valence-corrected chi connectivity index (χ4v) is 0.397. The van der Waals surface area contributed by atoms with Crippen LogP contribution in [-0.4, -0.2) is 29.3 Å². The molecule has 0 fully saturated rings. The van der Waals surface area contributed by atoms with Gasteiger partial charge < -0.3 is 10.4 Å². The van der Waals surface area contributed by atoms with E-state index in [1.165, 1.54) is 0 Å². The Hall–Kier alpha value is -0.780. The van der Waals surface area contributed by atoms with Gasteiger partial charge in [-0.1, -0.05) is 0 Å². The molecule has 0 radical (unpaired) electrons. The third-order valence-corrected chi connectivity index (χ3v) is 1.29. The largest absolute Gasteiger partial charge is 0.418 e. The molecule has 0 aliphatic carbocycles. The fraction of sp³-hybridized carbons (Fsp3) is 0.833. The predicted molar refractivity (Wildman–Crippen MR) is 35.4 cm³/mol. The minimum atomic E-state index is -4.73. The van der Waals surface area contributed by atoms with Crippen molar-refractivity contribution in [3.63, 3.8) is 0 Å². The summed E-state index contributed by atoms with van der Waals surface area (Å²) in [5.41, 5.74) is -2.86. The molecule has 12 heavy (non-hydrogen) atoms. The van der Waals surface area contributed by atoms with E-state index in [-0.39, 0.29) is 0 Å². The Bertz CT molecular complexity index is 176. The van der Waals surface area contributed by atoms with Crippen LogP contribution in [0.2, 0.25) is 0 Å². The second-order valence-electron chi connectivity index (χ2n) is 2.68. The number of rotatable bonds is 2. The summed E-state index contributed by atoms with van der Waals surface area (Å²) in [4.78, 5) is 10.2. The molecule has 0 bridgehead atoms. The van der Waals surface area contributed by atoms with Crippen molar-refractivity contribution in [2.75, 3.05) is 6.54 Å². The van der Waals surface area contributed by atoms with Gasteiger partial charge in [0.05, 0.1) is 6.54 Å². The lowest BCUT2D eigenvalue weighted by Gasteiger charge is -2.25. The van der Waals surface area contributed by atoms with E-state index in [0.29, 0.717) is 6.92 Å². The Morgan fingerprint density at radius 2 is 1.92 bits per heavy atom. The summed E-state index contributed by atoms with van der Waals surface area (Å²) in [6.07, 6.45) is -4.73. The first kappa shape index (κ1) is 11.2. The number of nitrogens with one attached hydrogen (secondary N) is 1. The summed E-state index contributed by atoms with van der Waals surface area (Å²) in [6, 6.07) is 0. The first-order valence-corrected chi connectivity index (χ1v) is 3.20. The standard InChI is InChI=1S/C6H10F3NO2/c1-4(11)10-3-5(2,12)6(7,8)9/h12H,3H2,1-2H3,(H,10,11). The summed E-state index contributed by atoms with van der Waals surface area (Å²) in [7, 11) is 0. The molecule has 1 amide bonds. The van der Waals surface area contributed by atoms with E-state index in [9.17, 15) is 18.0 Å². The zero-order chi connectivity index (χ0) is 9.99. The molecule has 0 heterocycles. The molecule has 0 spiro atoms. The Morgan fingerprint density at radius 3 is 2.17 bits per heavy atom. The molecule has 0 aromatic rings. The second kappa shape index (κ2) is 3.30. The Balaban J connectivity index is 4.14. The van der Waals surface area contributed by atoms with E-state index in [4.69, 9.17) is 5.11 Å². The Morgan fingerprint density at radius 1 is 1.50 bits per heavy atom. The van der Waals surface area contributed by atoms with E-state index in [1.807, 2.05) is 5.32 Å². The van der Waals surface area contributed by atoms with Crippen molar-refractivity contribution in [3.05, 3.63) is 0 Å². The molecule has 0 saturated carbocycles. The molecular formula is C6H10F3NO2. The highest BCUT2D eigenvalue weighted by Crippen LogP contribution is 2.28. The molecule has 6 heteroatoms. The minimum Gasteiger partial charge on any atom is -0.379 e. The maximum Gasteiger partial charge on any atom is 0.418 e. The lowest BCUT2D eigenvalue weighted by Crippen LogP contribution is -2.50. The monoisotopic (exact) mass is 185 g/mol. The highest BCUT2D eigenvalue weighted by atomic mass is 19.4. The number of carbonyl (C=O) groups is 1. The van der Waals surface area contributed by atoms with Crippen molar-refractivity contribution in [1.29, 1.82) is 0 Å². The van der Waals surface area contributed by atoms with Gasteiger partial charge in [0.15, 0.2) is 5.60 Å². The van der Waals surface area contributed by atoms with E-state index >= 15 is 0 Å². The normalized spacial score (nSPS) is 16.8. The van der Waals surface area contributed by atoms with Crippen LogP contribution in [0.5, 0.6) is 0 Å². The number of hydrogen-bond acceptors (Lipinski definition) is 2. The summed E-state index contributed by atoms with van der Waals surface area (Å²) in [5, 5.41) is 10.6. The summed E-state index contributed by atoms with van der Waals surface area (Å²) in [5.74, 6) is -0.612. The van der Waals surface area contributed by atoms with Crippen molar-refractivity contribution in [1.82, 2.24) is 5.32 Å². The Labute approximate surface area is 67.6 Å². The van der Waals surface area contributed by atoms with Gasteiger partial charge in [0.1, 0.15) is 0 Å². The highest BCUT2D eigenvalue weighted by molar-refractivity contribution is 5.72. The van der Waals surface area contributed by atoms with Crippen LogP contribution in [0.3, 0.4) is 0 Å². The van der Waals surface area contributed by atoms with Crippen molar-refractivity contribution >= 4 is 5.91 Å². The second-order valence-corrected chi connectivity index (χ2v) is 2.68. The number of hydrogen-bond donors (Lipinski definition) is 2. The van der Waals surface area contributed by atoms with Crippen LogP contribution in [0.15, 0.2) is 0 Å². The molecule has 0 saturated heterocycles. The fourth-order valence-electron chi connectivity index (χ4n) is 0.397. The zero-order valence-corrected chi connectivity index (χ0v) is 6.70. The molecule has 1 atom stereocenters. The van der Waals surface area contributed by atoms with E-state index in [2.05, 4.69) is 0 Å². The molecule has 0 rings (SSSR count). The average Bonchev–Trinajstić information content (AvgIpc) is 1.81. The molecular weight excluding hydrogens is 175 g/mol. The van der Waals surface area contributed by atoms with Crippen LogP contribution < -0.4 is 5.32 Å². The van der Waals surface area contributed by atoms with Gasteiger partial charge >= 0.3 is 6.18 Å². The van der Waals surface area contributed by atoms with Crippen molar-refractivity contribution < 1.29 is 23.1 Å².